The van der Waals surface area contributed by atoms with Gasteiger partial charge in [0.05, 0.1) is 0 Å². The number of hydrogen-bond donors (Lipinski definition) is 0. The van der Waals surface area contributed by atoms with E-state index >= 15 is 0 Å². The molecule has 0 amide bonds. The van der Waals surface area contributed by atoms with Crippen molar-refractivity contribution >= 4 is 5.78 Å². The fourth-order valence-electron chi connectivity index (χ4n) is 4.12. The quantitative estimate of drug-likeness (QED) is 0.596. The smallest absolute Gasteiger partial charge is 0.133 e. The van der Waals surface area contributed by atoms with Crippen LogP contribution in [-0.2, 0) is 4.79 Å². The highest BCUT2D eigenvalue weighted by Gasteiger charge is 2.24. The van der Waals surface area contributed by atoms with Gasteiger partial charge in [-0.3, -0.25) is 4.79 Å². The molecule has 0 bridgehead atoms. The van der Waals surface area contributed by atoms with Crippen molar-refractivity contribution in [1.29, 1.82) is 0 Å². The van der Waals surface area contributed by atoms with E-state index in [0.29, 0.717) is 5.78 Å². The summed E-state index contributed by atoms with van der Waals surface area (Å²) in [6.45, 7) is 0. The maximum atomic E-state index is 12.1. The Hall–Kier alpha value is -0.330. The fraction of sp³-hybridized carbons (Fsp3) is 0.944. The van der Waals surface area contributed by atoms with Crippen LogP contribution in [0.2, 0.25) is 0 Å². The highest BCUT2D eigenvalue weighted by atomic mass is 16.1. The lowest BCUT2D eigenvalue weighted by molar-refractivity contribution is -0.120. The second kappa shape index (κ2) is 8.76. The summed E-state index contributed by atoms with van der Waals surface area (Å²) in [6.07, 6.45) is 19.6. The third-order valence-electron chi connectivity index (χ3n) is 5.34. The molecule has 110 valence electrons. The first-order chi connectivity index (χ1) is 9.36. The van der Waals surface area contributed by atoms with Crippen LogP contribution in [0, 0.1) is 11.8 Å². The summed E-state index contributed by atoms with van der Waals surface area (Å²) in [5.74, 6) is 2.15. The Morgan fingerprint density at radius 1 is 0.579 bits per heavy atom. The lowest BCUT2D eigenvalue weighted by Gasteiger charge is -2.26. The second-order valence-electron chi connectivity index (χ2n) is 6.91. The molecule has 0 N–H and O–H groups in total. The molecule has 2 saturated carbocycles. The Bertz CT molecular complexity index is 248. The molecule has 0 aliphatic heterocycles. The van der Waals surface area contributed by atoms with E-state index in [1.165, 1.54) is 77.0 Å². The van der Waals surface area contributed by atoms with Crippen molar-refractivity contribution in [2.24, 2.45) is 11.8 Å². The molecule has 0 spiro atoms. The average Bonchev–Trinajstić information content (AvgIpc) is 2.60. The molecular weight excluding hydrogens is 232 g/mol. The minimum absolute atomic E-state index is 0.562. The summed E-state index contributed by atoms with van der Waals surface area (Å²) in [6, 6.07) is 0. The molecule has 19 heavy (non-hydrogen) atoms. The van der Waals surface area contributed by atoms with Gasteiger partial charge in [0, 0.05) is 12.8 Å². The van der Waals surface area contributed by atoms with Gasteiger partial charge in [0.1, 0.15) is 5.78 Å². The van der Waals surface area contributed by atoms with Crippen molar-refractivity contribution in [2.45, 2.75) is 96.3 Å². The largest absolute Gasteiger partial charge is 0.300 e. The summed E-state index contributed by atoms with van der Waals surface area (Å²) in [5, 5.41) is 0. The number of carbonyl (C=O) groups is 1. The minimum atomic E-state index is 0.562. The first-order valence-corrected chi connectivity index (χ1v) is 8.88. The molecule has 2 rings (SSSR count). The van der Waals surface area contributed by atoms with Gasteiger partial charge in [-0.05, 0) is 24.7 Å². The molecule has 0 aromatic heterocycles. The first-order valence-electron chi connectivity index (χ1n) is 8.88. The molecule has 2 fully saturated rings. The number of rotatable bonds is 1. The Morgan fingerprint density at radius 3 is 1.68 bits per heavy atom. The zero-order chi connectivity index (χ0) is 13.3. The highest BCUT2D eigenvalue weighted by molar-refractivity contribution is 5.78. The maximum Gasteiger partial charge on any atom is 0.133 e. The van der Waals surface area contributed by atoms with Gasteiger partial charge >= 0.3 is 0 Å². The van der Waals surface area contributed by atoms with Crippen LogP contribution in [0.15, 0.2) is 0 Å². The third kappa shape index (κ3) is 5.67. The molecule has 0 saturated heterocycles. The van der Waals surface area contributed by atoms with Gasteiger partial charge in [-0.25, -0.2) is 0 Å². The summed E-state index contributed by atoms with van der Waals surface area (Å²) < 4.78 is 0. The molecule has 1 heteroatoms. The molecule has 1 nitrogen and oxygen atoms in total. The van der Waals surface area contributed by atoms with Gasteiger partial charge in [-0.2, -0.15) is 0 Å². The molecule has 0 aromatic rings. The minimum Gasteiger partial charge on any atom is -0.300 e. The van der Waals surface area contributed by atoms with E-state index in [-0.39, 0.29) is 0 Å². The Kier molecular flexibility index (Phi) is 6.95. The van der Waals surface area contributed by atoms with E-state index in [1.807, 2.05) is 0 Å². The predicted octanol–water partition coefficient (Wildman–Crippen LogP) is 5.67. The summed E-state index contributed by atoms with van der Waals surface area (Å²) in [7, 11) is 0. The molecule has 1 atom stereocenters. The zero-order valence-electron chi connectivity index (χ0n) is 12.7. The van der Waals surface area contributed by atoms with Gasteiger partial charge < -0.3 is 0 Å². The van der Waals surface area contributed by atoms with E-state index in [9.17, 15) is 4.79 Å². The summed E-state index contributed by atoms with van der Waals surface area (Å²) in [4.78, 5) is 12.1. The van der Waals surface area contributed by atoms with E-state index < -0.39 is 0 Å². The van der Waals surface area contributed by atoms with Crippen LogP contribution in [0.5, 0.6) is 0 Å². The monoisotopic (exact) mass is 264 g/mol. The summed E-state index contributed by atoms with van der Waals surface area (Å²) in [5.41, 5.74) is 0. The fourth-order valence-corrected chi connectivity index (χ4v) is 4.12. The Morgan fingerprint density at radius 2 is 1.05 bits per heavy atom. The Balaban J connectivity index is 1.91. The second-order valence-corrected chi connectivity index (χ2v) is 6.91. The van der Waals surface area contributed by atoms with Gasteiger partial charge in [0.15, 0.2) is 0 Å². The van der Waals surface area contributed by atoms with Crippen LogP contribution < -0.4 is 0 Å². The van der Waals surface area contributed by atoms with Crippen molar-refractivity contribution in [3.8, 4) is 0 Å². The van der Waals surface area contributed by atoms with Crippen LogP contribution in [0.25, 0.3) is 0 Å². The predicted molar refractivity (Wildman–Crippen MR) is 81.2 cm³/mol. The van der Waals surface area contributed by atoms with E-state index in [4.69, 9.17) is 0 Å². The van der Waals surface area contributed by atoms with Gasteiger partial charge in [0.25, 0.3) is 0 Å². The van der Waals surface area contributed by atoms with Crippen molar-refractivity contribution in [1.82, 2.24) is 0 Å². The molecule has 0 heterocycles. The van der Waals surface area contributed by atoms with E-state index in [0.717, 1.165) is 31.1 Å². The number of carbonyl (C=O) groups excluding carboxylic acids is 1. The van der Waals surface area contributed by atoms with Crippen molar-refractivity contribution in [2.75, 3.05) is 0 Å². The van der Waals surface area contributed by atoms with Crippen LogP contribution in [0.4, 0.5) is 0 Å². The maximum absolute atomic E-state index is 12.1. The standard InChI is InChI=1S/C18H32O/c19-18-14-10-6-5-9-13-17(15-18)16-11-7-3-1-2-4-8-12-16/h16-17H,1-15H2. The number of Topliss-reactive ketones (excluding diaryl/α,β-unsaturated/α-hetero) is 1. The van der Waals surface area contributed by atoms with Crippen LogP contribution in [0.3, 0.4) is 0 Å². The number of ketones is 1. The van der Waals surface area contributed by atoms with Crippen LogP contribution in [-0.4, -0.2) is 5.78 Å². The van der Waals surface area contributed by atoms with Crippen molar-refractivity contribution in [3.63, 3.8) is 0 Å². The lowest BCUT2D eigenvalue weighted by Crippen LogP contribution is -2.18. The SMILES string of the molecule is O=C1CCCCCCC(C2CCCCCCCC2)C1. The molecule has 2 aliphatic rings. The van der Waals surface area contributed by atoms with E-state index in [2.05, 4.69) is 0 Å². The molecule has 0 radical (unpaired) electrons. The highest BCUT2D eigenvalue weighted by Crippen LogP contribution is 2.34. The van der Waals surface area contributed by atoms with Gasteiger partial charge in [0.2, 0.25) is 0 Å². The topological polar surface area (TPSA) is 17.1 Å². The lowest BCUT2D eigenvalue weighted by atomic mass is 9.79. The van der Waals surface area contributed by atoms with Gasteiger partial charge in [-0.15, -0.1) is 0 Å². The first kappa shape index (κ1) is 15.1. The molecule has 1 unspecified atom stereocenters. The molecular formula is C18H32O. The third-order valence-corrected chi connectivity index (χ3v) is 5.34. The number of hydrogen-bond acceptors (Lipinski definition) is 1. The van der Waals surface area contributed by atoms with Crippen LogP contribution >= 0.6 is 0 Å². The van der Waals surface area contributed by atoms with Crippen molar-refractivity contribution in [3.05, 3.63) is 0 Å². The molecule has 2 aliphatic carbocycles. The average molecular weight is 264 g/mol. The van der Waals surface area contributed by atoms with Gasteiger partial charge in [-0.1, -0.05) is 70.6 Å². The van der Waals surface area contributed by atoms with Crippen molar-refractivity contribution < 1.29 is 4.79 Å². The Labute approximate surface area is 119 Å². The summed E-state index contributed by atoms with van der Waals surface area (Å²) >= 11 is 0. The van der Waals surface area contributed by atoms with E-state index in [1.54, 1.807) is 0 Å². The van der Waals surface area contributed by atoms with Crippen LogP contribution in [0.1, 0.15) is 96.3 Å². The molecule has 0 aromatic carbocycles. The zero-order valence-corrected chi connectivity index (χ0v) is 12.7. The normalized spacial score (nSPS) is 29.5.